The molecule has 0 bridgehead atoms. The Hall–Kier alpha value is -0.320. The van der Waals surface area contributed by atoms with E-state index in [-0.39, 0.29) is 24.2 Å². The van der Waals surface area contributed by atoms with E-state index in [9.17, 15) is 9.90 Å². The lowest BCUT2D eigenvalue weighted by Crippen LogP contribution is -2.53. The molecule has 1 fully saturated rings. The molecular formula is C12H25ClN2O2. The van der Waals surface area contributed by atoms with Crippen LogP contribution in [-0.4, -0.2) is 29.2 Å². The first-order valence-electron chi connectivity index (χ1n) is 6.25. The van der Waals surface area contributed by atoms with Crippen molar-refractivity contribution in [2.75, 3.05) is 6.54 Å². The van der Waals surface area contributed by atoms with Crippen molar-refractivity contribution in [3.63, 3.8) is 0 Å². The number of carbonyl (C=O) groups excluding carboxylic acids is 1. The number of aliphatic hydroxyl groups excluding tert-OH is 1. The quantitative estimate of drug-likeness (QED) is 0.699. The van der Waals surface area contributed by atoms with E-state index in [0.717, 1.165) is 32.1 Å². The molecule has 2 unspecified atom stereocenters. The number of aliphatic hydroxyl groups is 1. The number of rotatable bonds is 5. The van der Waals surface area contributed by atoms with Gasteiger partial charge in [-0.05, 0) is 18.8 Å². The van der Waals surface area contributed by atoms with Gasteiger partial charge in [-0.15, -0.1) is 12.4 Å². The van der Waals surface area contributed by atoms with Crippen molar-refractivity contribution in [1.82, 2.24) is 5.32 Å². The summed E-state index contributed by atoms with van der Waals surface area (Å²) >= 11 is 0. The normalized spacial score (nSPS) is 21.4. The van der Waals surface area contributed by atoms with E-state index in [1.165, 1.54) is 0 Å². The highest BCUT2D eigenvalue weighted by Gasteiger charge is 2.36. The minimum absolute atomic E-state index is 0. The van der Waals surface area contributed by atoms with Crippen LogP contribution >= 0.6 is 12.4 Å². The fraction of sp³-hybridized carbons (Fsp3) is 0.917. The number of hydrogen-bond donors (Lipinski definition) is 3. The predicted molar refractivity (Wildman–Crippen MR) is 71.1 cm³/mol. The van der Waals surface area contributed by atoms with Crippen LogP contribution in [0.15, 0.2) is 0 Å². The molecule has 1 saturated carbocycles. The van der Waals surface area contributed by atoms with Crippen LogP contribution in [0.5, 0.6) is 0 Å². The van der Waals surface area contributed by atoms with Crippen molar-refractivity contribution < 1.29 is 9.90 Å². The molecule has 0 heterocycles. The van der Waals surface area contributed by atoms with Gasteiger partial charge in [-0.3, -0.25) is 4.79 Å². The van der Waals surface area contributed by atoms with Gasteiger partial charge in [-0.25, -0.2) is 0 Å². The highest BCUT2D eigenvalue weighted by atomic mass is 35.5. The van der Waals surface area contributed by atoms with E-state index >= 15 is 0 Å². The lowest BCUT2D eigenvalue weighted by atomic mass is 9.97. The molecule has 1 rings (SSSR count). The summed E-state index contributed by atoms with van der Waals surface area (Å²) in [4.78, 5) is 11.8. The van der Waals surface area contributed by atoms with Gasteiger partial charge in [0.15, 0.2) is 0 Å². The van der Waals surface area contributed by atoms with E-state index < -0.39 is 11.6 Å². The summed E-state index contributed by atoms with van der Waals surface area (Å²) in [5.74, 6) is 0.102. The summed E-state index contributed by atoms with van der Waals surface area (Å²) in [5.41, 5.74) is 5.32. The van der Waals surface area contributed by atoms with Crippen LogP contribution < -0.4 is 11.1 Å². The maximum Gasteiger partial charge on any atom is 0.240 e. The Bertz CT molecular complexity index is 243. The molecule has 0 spiro atoms. The lowest BCUT2D eigenvalue weighted by molar-refractivity contribution is -0.126. The smallest absolute Gasteiger partial charge is 0.240 e. The van der Waals surface area contributed by atoms with Crippen LogP contribution in [0.2, 0.25) is 0 Å². The molecule has 5 heteroatoms. The molecule has 0 aromatic heterocycles. The molecule has 0 radical (unpaired) electrons. The average molecular weight is 265 g/mol. The SMILES string of the molecule is CCC(C)C(O)CNC(=O)C1(N)CCCC1.Cl. The molecule has 1 aliphatic carbocycles. The first kappa shape index (κ1) is 16.7. The molecule has 1 aliphatic rings. The van der Waals surface area contributed by atoms with Crippen molar-refractivity contribution in [1.29, 1.82) is 0 Å². The number of carbonyl (C=O) groups is 1. The van der Waals surface area contributed by atoms with Gasteiger partial charge >= 0.3 is 0 Å². The third-order valence-corrected chi connectivity index (χ3v) is 3.72. The fourth-order valence-electron chi connectivity index (χ4n) is 2.08. The Morgan fingerprint density at radius 1 is 1.47 bits per heavy atom. The molecule has 4 N–H and O–H groups in total. The first-order chi connectivity index (χ1) is 7.49. The molecule has 17 heavy (non-hydrogen) atoms. The zero-order chi connectivity index (χ0) is 12.2. The number of nitrogens with two attached hydrogens (primary N) is 1. The Morgan fingerprint density at radius 2 is 2.00 bits per heavy atom. The van der Waals surface area contributed by atoms with Crippen LogP contribution in [0.25, 0.3) is 0 Å². The zero-order valence-corrected chi connectivity index (χ0v) is 11.6. The van der Waals surface area contributed by atoms with Crippen LogP contribution in [0, 0.1) is 5.92 Å². The number of halogens is 1. The van der Waals surface area contributed by atoms with Gasteiger partial charge in [-0.2, -0.15) is 0 Å². The van der Waals surface area contributed by atoms with E-state index in [4.69, 9.17) is 5.73 Å². The maximum atomic E-state index is 11.8. The summed E-state index contributed by atoms with van der Waals surface area (Å²) in [6.45, 7) is 4.31. The van der Waals surface area contributed by atoms with Crippen molar-refractivity contribution in [3.8, 4) is 0 Å². The third kappa shape index (κ3) is 4.45. The van der Waals surface area contributed by atoms with Crippen molar-refractivity contribution in [3.05, 3.63) is 0 Å². The van der Waals surface area contributed by atoms with Crippen LogP contribution in [0.3, 0.4) is 0 Å². The monoisotopic (exact) mass is 264 g/mol. The van der Waals surface area contributed by atoms with Gasteiger partial charge in [0.2, 0.25) is 5.91 Å². The van der Waals surface area contributed by atoms with Gasteiger partial charge in [0, 0.05) is 6.54 Å². The van der Waals surface area contributed by atoms with Crippen molar-refractivity contribution in [2.45, 2.75) is 57.6 Å². The van der Waals surface area contributed by atoms with Crippen molar-refractivity contribution in [2.24, 2.45) is 11.7 Å². The van der Waals surface area contributed by atoms with Gasteiger partial charge in [-0.1, -0.05) is 33.1 Å². The molecule has 1 amide bonds. The molecule has 2 atom stereocenters. The second kappa shape index (κ2) is 7.19. The molecule has 0 aromatic carbocycles. The number of hydrogen-bond acceptors (Lipinski definition) is 3. The first-order valence-corrected chi connectivity index (χ1v) is 6.25. The molecular weight excluding hydrogens is 240 g/mol. The van der Waals surface area contributed by atoms with E-state index in [1.807, 2.05) is 13.8 Å². The predicted octanol–water partition coefficient (Wildman–Crippen LogP) is 1.20. The summed E-state index contributed by atoms with van der Waals surface area (Å²) in [7, 11) is 0. The minimum atomic E-state index is -0.685. The Morgan fingerprint density at radius 3 is 2.47 bits per heavy atom. The number of nitrogens with one attached hydrogen (secondary N) is 1. The maximum absolute atomic E-state index is 11.8. The molecule has 0 aromatic rings. The Balaban J connectivity index is 0.00000256. The molecule has 102 valence electrons. The Labute approximate surface area is 110 Å². The topological polar surface area (TPSA) is 75.3 Å². The molecule has 0 aliphatic heterocycles. The summed E-state index contributed by atoms with van der Waals surface area (Å²) in [5, 5.41) is 12.5. The largest absolute Gasteiger partial charge is 0.391 e. The molecule has 4 nitrogen and oxygen atoms in total. The Kier molecular flexibility index (Phi) is 7.05. The van der Waals surface area contributed by atoms with Gasteiger partial charge in [0.25, 0.3) is 0 Å². The van der Waals surface area contributed by atoms with E-state index in [1.54, 1.807) is 0 Å². The summed E-state index contributed by atoms with van der Waals surface area (Å²) < 4.78 is 0. The zero-order valence-electron chi connectivity index (χ0n) is 10.7. The minimum Gasteiger partial charge on any atom is -0.391 e. The van der Waals surface area contributed by atoms with Crippen molar-refractivity contribution >= 4 is 18.3 Å². The average Bonchev–Trinajstić information content (AvgIpc) is 2.72. The highest BCUT2D eigenvalue weighted by Crippen LogP contribution is 2.27. The summed E-state index contributed by atoms with van der Waals surface area (Å²) in [6.07, 6.45) is 4.01. The highest BCUT2D eigenvalue weighted by molar-refractivity contribution is 5.86. The van der Waals surface area contributed by atoms with Gasteiger partial charge in [0.1, 0.15) is 0 Å². The standard InChI is InChI=1S/C12H24N2O2.ClH/c1-3-9(2)10(15)8-14-11(16)12(13)6-4-5-7-12;/h9-10,15H,3-8,13H2,1-2H3,(H,14,16);1H. The fourth-order valence-corrected chi connectivity index (χ4v) is 2.08. The molecule has 0 saturated heterocycles. The van der Waals surface area contributed by atoms with Crippen LogP contribution in [0.1, 0.15) is 46.0 Å². The van der Waals surface area contributed by atoms with Gasteiger partial charge < -0.3 is 16.2 Å². The van der Waals surface area contributed by atoms with Crippen LogP contribution in [0.4, 0.5) is 0 Å². The third-order valence-electron chi connectivity index (χ3n) is 3.72. The van der Waals surface area contributed by atoms with Gasteiger partial charge in [0.05, 0.1) is 11.6 Å². The number of amides is 1. The summed E-state index contributed by atoms with van der Waals surface area (Å²) in [6, 6.07) is 0. The van der Waals surface area contributed by atoms with Crippen LogP contribution in [-0.2, 0) is 4.79 Å². The second-order valence-electron chi connectivity index (χ2n) is 5.03. The van der Waals surface area contributed by atoms with E-state index in [2.05, 4.69) is 5.32 Å². The van der Waals surface area contributed by atoms with E-state index in [0.29, 0.717) is 6.54 Å². The second-order valence-corrected chi connectivity index (χ2v) is 5.03. The lowest BCUT2D eigenvalue weighted by Gasteiger charge is -2.24.